The van der Waals surface area contributed by atoms with Crippen molar-refractivity contribution in [2.45, 2.75) is 39.2 Å². The minimum Gasteiger partial charge on any atom is -0.484 e. The first-order valence-electron chi connectivity index (χ1n) is 6.35. The van der Waals surface area contributed by atoms with Gasteiger partial charge in [-0.25, -0.2) is 0 Å². The maximum absolute atomic E-state index is 5.68. The van der Waals surface area contributed by atoms with Crippen LogP contribution in [0.5, 0.6) is 5.75 Å². The average Bonchev–Trinajstić information content (AvgIpc) is 2.82. The van der Waals surface area contributed by atoms with E-state index in [9.17, 15) is 0 Å². The molecule has 4 nitrogen and oxygen atoms in total. The molecule has 1 aliphatic rings. The van der Waals surface area contributed by atoms with E-state index in [4.69, 9.17) is 9.15 Å². The van der Waals surface area contributed by atoms with Gasteiger partial charge in [-0.3, -0.25) is 0 Å². The standard InChI is InChI=1S/C14H16N2O2/c1-10-15-16-14(18-10)9-17-13-7-6-11-4-2-3-5-12(11)8-13/h6-8H,2-5,9H2,1H3. The Labute approximate surface area is 106 Å². The van der Waals surface area contributed by atoms with Crippen LogP contribution in [0.4, 0.5) is 0 Å². The van der Waals surface area contributed by atoms with Crippen LogP contribution in [0, 0.1) is 6.92 Å². The molecular formula is C14H16N2O2. The van der Waals surface area contributed by atoms with Gasteiger partial charge in [0.05, 0.1) is 0 Å². The Morgan fingerprint density at radius 1 is 1.17 bits per heavy atom. The number of rotatable bonds is 3. The van der Waals surface area contributed by atoms with E-state index in [1.165, 1.54) is 30.4 Å². The quantitative estimate of drug-likeness (QED) is 0.833. The predicted molar refractivity (Wildman–Crippen MR) is 66.5 cm³/mol. The minimum atomic E-state index is 0.333. The molecule has 0 unspecified atom stereocenters. The van der Waals surface area contributed by atoms with Gasteiger partial charge in [0.15, 0.2) is 6.61 Å². The van der Waals surface area contributed by atoms with E-state index in [1.807, 2.05) is 6.07 Å². The van der Waals surface area contributed by atoms with Crippen molar-refractivity contribution in [3.8, 4) is 5.75 Å². The van der Waals surface area contributed by atoms with Crippen molar-refractivity contribution in [3.63, 3.8) is 0 Å². The number of benzene rings is 1. The Hall–Kier alpha value is -1.84. The fourth-order valence-electron chi connectivity index (χ4n) is 2.34. The molecule has 0 atom stereocenters. The molecule has 3 rings (SSSR count). The van der Waals surface area contributed by atoms with Gasteiger partial charge in [0.2, 0.25) is 5.89 Å². The van der Waals surface area contributed by atoms with Crippen LogP contribution in [0.15, 0.2) is 22.6 Å². The second kappa shape index (κ2) is 4.80. The maximum Gasteiger partial charge on any atom is 0.253 e. The van der Waals surface area contributed by atoms with Gasteiger partial charge in [-0.05, 0) is 48.9 Å². The monoisotopic (exact) mass is 244 g/mol. The summed E-state index contributed by atoms with van der Waals surface area (Å²) < 4.78 is 10.9. The van der Waals surface area contributed by atoms with Crippen molar-refractivity contribution >= 4 is 0 Å². The third-order valence-electron chi connectivity index (χ3n) is 3.25. The molecular weight excluding hydrogens is 228 g/mol. The van der Waals surface area contributed by atoms with Crippen molar-refractivity contribution in [3.05, 3.63) is 41.1 Å². The van der Waals surface area contributed by atoms with E-state index in [1.54, 1.807) is 6.92 Å². The summed E-state index contributed by atoms with van der Waals surface area (Å²) >= 11 is 0. The zero-order chi connectivity index (χ0) is 12.4. The van der Waals surface area contributed by atoms with Gasteiger partial charge in [0.25, 0.3) is 5.89 Å². The summed E-state index contributed by atoms with van der Waals surface area (Å²) in [6.07, 6.45) is 4.93. The fraction of sp³-hybridized carbons (Fsp3) is 0.429. The zero-order valence-corrected chi connectivity index (χ0v) is 10.5. The molecule has 0 aliphatic heterocycles. The van der Waals surface area contributed by atoms with E-state index >= 15 is 0 Å². The summed E-state index contributed by atoms with van der Waals surface area (Å²) in [7, 11) is 0. The SMILES string of the molecule is Cc1nnc(COc2ccc3c(c2)CCCC3)o1. The molecule has 0 spiro atoms. The van der Waals surface area contributed by atoms with E-state index in [2.05, 4.69) is 22.3 Å². The van der Waals surface area contributed by atoms with Crippen molar-refractivity contribution in [1.82, 2.24) is 10.2 Å². The molecule has 0 fully saturated rings. The predicted octanol–water partition coefficient (Wildman–Crippen LogP) is 2.84. The Morgan fingerprint density at radius 2 is 2.00 bits per heavy atom. The van der Waals surface area contributed by atoms with Crippen LogP contribution in [-0.2, 0) is 19.4 Å². The van der Waals surface area contributed by atoms with Gasteiger partial charge in [-0.1, -0.05) is 6.07 Å². The molecule has 0 bridgehead atoms. The summed E-state index contributed by atoms with van der Waals surface area (Å²) in [6.45, 7) is 2.11. The van der Waals surface area contributed by atoms with Gasteiger partial charge in [0.1, 0.15) is 5.75 Å². The molecule has 94 valence electrons. The molecule has 2 aromatic rings. The van der Waals surface area contributed by atoms with Crippen LogP contribution in [0.25, 0.3) is 0 Å². The third-order valence-corrected chi connectivity index (χ3v) is 3.25. The second-order valence-corrected chi connectivity index (χ2v) is 4.64. The molecule has 0 N–H and O–H groups in total. The molecule has 1 aliphatic carbocycles. The number of ether oxygens (including phenoxy) is 1. The molecule has 1 heterocycles. The molecule has 1 aromatic heterocycles. The maximum atomic E-state index is 5.68. The molecule has 1 aromatic carbocycles. The van der Waals surface area contributed by atoms with Crippen LogP contribution < -0.4 is 4.74 Å². The van der Waals surface area contributed by atoms with E-state index in [-0.39, 0.29) is 0 Å². The summed E-state index contributed by atoms with van der Waals surface area (Å²) in [5.41, 5.74) is 2.88. The van der Waals surface area contributed by atoms with Gasteiger partial charge in [-0.15, -0.1) is 10.2 Å². The van der Waals surface area contributed by atoms with Crippen molar-refractivity contribution in [2.75, 3.05) is 0 Å². The Kier molecular flexibility index (Phi) is 3.00. The Bertz CT molecular complexity index is 548. The Morgan fingerprint density at radius 3 is 2.78 bits per heavy atom. The van der Waals surface area contributed by atoms with Crippen LogP contribution in [0.3, 0.4) is 0 Å². The Balaban J connectivity index is 1.69. The lowest BCUT2D eigenvalue weighted by molar-refractivity contribution is 0.260. The highest BCUT2D eigenvalue weighted by atomic mass is 16.5. The van der Waals surface area contributed by atoms with E-state index in [0.717, 1.165) is 12.2 Å². The highest BCUT2D eigenvalue weighted by Crippen LogP contribution is 2.25. The number of nitrogens with zero attached hydrogens (tertiary/aromatic N) is 2. The topological polar surface area (TPSA) is 48.2 Å². The molecule has 0 saturated carbocycles. The lowest BCUT2D eigenvalue weighted by atomic mass is 9.92. The lowest BCUT2D eigenvalue weighted by Gasteiger charge is -2.16. The largest absolute Gasteiger partial charge is 0.484 e. The number of fused-ring (bicyclic) bond motifs is 1. The summed E-state index contributed by atoms with van der Waals surface area (Å²) in [4.78, 5) is 0. The van der Waals surface area contributed by atoms with Gasteiger partial charge >= 0.3 is 0 Å². The van der Waals surface area contributed by atoms with Crippen molar-refractivity contribution < 1.29 is 9.15 Å². The first kappa shape index (κ1) is 11.3. The van der Waals surface area contributed by atoms with Crippen molar-refractivity contribution in [2.24, 2.45) is 0 Å². The number of aryl methyl sites for hydroxylation is 3. The minimum absolute atomic E-state index is 0.333. The fourth-order valence-corrected chi connectivity index (χ4v) is 2.34. The number of hydrogen-bond acceptors (Lipinski definition) is 4. The van der Waals surface area contributed by atoms with Crippen molar-refractivity contribution in [1.29, 1.82) is 0 Å². The van der Waals surface area contributed by atoms with Crippen LogP contribution in [-0.4, -0.2) is 10.2 Å². The van der Waals surface area contributed by atoms with E-state index in [0.29, 0.717) is 18.4 Å². The number of aromatic nitrogens is 2. The average molecular weight is 244 g/mol. The molecule has 0 saturated heterocycles. The lowest BCUT2D eigenvalue weighted by Crippen LogP contribution is -2.03. The summed E-state index contributed by atoms with van der Waals surface area (Å²) in [5, 5.41) is 7.68. The second-order valence-electron chi connectivity index (χ2n) is 4.64. The number of hydrogen-bond donors (Lipinski definition) is 0. The van der Waals surface area contributed by atoms with Gasteiger partial charge in [-0.2, -0.15) is 0 Å². The van der Waals surface area contributed by atoms with Crippen LogP contribution >= 0.6 is 0 Å². The zero-order valence-electron chi connectivity index (χ0n) is 10.5. The molecule has 18 heavy (non-hydrogen) atoms. The normalized spacial score (nSPS) is 14.3. The third kappa shape index (κ3) is 2.37. The summed E-state index contributed by atoms with van der Waals surface area (Å²) in [6, 6.07) is 6.33. The summed E-state index contributed by atoms with van der Waals surface area (Å²) in [5.74, 6) is 1.97. The first-order valence-corrected chi connectivity index (χ1v) is 6.35. The molecule has 0 radical (unpaired) electrons. The smallest absolute Gasteiger partial charge is 0.253 e. The molecule has 0 amide bonds. The highest BCUT2D eigenvalue weighted by molar-refractivity contribution is 5.37. The first-order chi connectivity index (χ1) is 8.81. The molecule has 4 heteroatoms. The highest BCUT2D eigenvalue weighted by Gasteiger charge is 2.10. The van der Waals surface area contributed by atoms with Gasteiger partial charge < -0.3 is 9.15 Å². The van der Waals surface area contributed by atoms with Gasteiger partial charge in [0, 0.05) is 6.92 Å². The van der Waals surface area contributed by atoms with E-state index < -0.39 is 0 Å². The van der Waals surface area contributed by atoms with Crippen LogP contribution in [0.2, 0.25) is 0 Å². The van der Waals surface area contributed by atoms with Crippen LogP contribution in [0.1, 0.15) is 35.7 Å².